The van der Waals surface area contributed by atoms with Crippen molar-refractivity contribution in [3.8, 4) is 0 Å². The summed E-state index contributed by atoms with van der Waals surface area (Å²) in [5.41, 5.74) is 0.549. The third-order valence-corrected chi connectivity index (χ3v) is 2.96. The Hall–Kier alpha value is -2.02. The summed E-state index contributed by atoms with van der Waals surface area (Å²) in [5.74, 6) is -1.28. The van der Waals surface area contributed by atoms with Gasteiger partial charge in [0.2, 0.25) is 0 Å². The van der Waals surface area contributed by atoms with Crippen molar-refractivity contribution in [2.45, 2.75) is 19.1 Å². The first kappa shape index (κ1) is 15.0. The van der Waals surface area contributed by atoms with E-state index in [0.717, 1.165) is 0 Å². The van der Waals surface area contributed by atoms with Crippen molar-refractivity contribution in [2.24, 2.45) is 5.16 Å². The highest BCUT2D eigenvalue weighted by molar-refractivity contribution is 7.85. The monoisotopic (exact) mass is 283 g/mol. The van der Waals surface area contributed by atoms with Gasteiger partial charge in [0.05, 0.1) is 6.42 Å². The van der Waals surface area contributed by atoms with E-state index in [0.29, 0.717) is 11.8 Å². The molecule has 0 aliphatic rings. The van der Waals surface area contributed by atoms with Crippen LogP contribution in [0, 0.1) is 0 Å². The summed E-state index contributed by atoms with van der Waals surface area (Å²) in [5, 5.41) is 3.08. The van der Waals surface area contributed by atoms with E-state index in [1.54, 1.807) is 30.3 Å². The molecule has 0 fully saturated rings. The second-order valence-corrected chi connectivity index (χ2v) is 5.39. The minimum Gasteiger partial charge on any atom is -0.300 e. The van der Waals surface area contributed by atoms with Gasteiger partial charge in [-0.3, -0.25) is 13.9 Å². The third-order valence-electron chi connectivity index (χ3n) is 1.96. The molecule has 0 spiro atoms. The molecule has 0 amide bonds. The van der Waals surface area contributed by atoms with E-state index >= 15 is 0 Å². The Balaban J connectivity index is 2.54. The predicted octanol–water partition coefficient (Wildman–Crippen LogP) is 1.07. The number of hydrogen-bond acceptors (Lipinski definition) is 6. The number of rotatable bonds is 7. The fraction of sp³-hybridized carbons (Fsp3) is 0.250. The van der Waals surface area contributed by atoms with E-state index < -0.39 is 15.9 Å². The third kappa shape index (κ3) is 6.46. The summed E-state index contributed by atoms with van der Waals surface area (Å²) < 4.78 is 27.3. The zero-order valence-corrected chi connectivity index (χ0v) is 11.1. The van der Waals surface area contributed by atoms with Gasteiger partial charge < -0.3 is 0 Å². The molecule has 0 unspecified atom stereocenters. The summed E-state index contributed by atoms with van der Waals surface area (Å²) in [6.45, 7) is 1.25. The molecule has 0 aliphatic carbocycles. The molecule has 1 aromatic rings. The molecule has 102 valence electrons. The molecule has 0 bridgehead atoms. The van der Waals surface area contributed by atoms with Crippen LogP contribution in [0.2, 0.25) is 0 Å². The zero-order valence-electron chi connectivity index (χ0n) is 10.3. The molecule has 0 heterocycles. The van der Waals surface area contributed by atoms with Gasteiger partial charge in [0.1, 0.15) is 17.8 Å². The first-order chi connectivity index (χ1) is 8.89. The van der Waals surface area contributed by atoms with Crippen molar-refractivity contribution < 1.29 is 22.3 Å². The summed E-state index contributed by atoms with van der Waals surface area (Å²) in [6, 6.07) is 8.42. The molecular weight excluding hydrogens is 270 g/mol. The van der Waals surface area contributed by atoms with Crippen molar-refractivity contribution in [1.82, 2.24) is 0 Å². The Kier molecular flexibility index (Phi) is 5.37. The fourth-order valence-corrected chi connectivity index (χ4v) is 2.07. The number of carbonyl (C=O) groups excluding carboxylic acids is 2. The lowest BCUT2D eigenvalue weighted by Crippen LogP contribution is -2.08. The van der Waals surface area contributed by atoms with Crippen LogP contribution in [-0.2, 0) is 29.7 Å². The van der Waals surface area contributed by atoms with Gasteiger partial charge in [-0.25, -0.2) is 0 Å². The van der Waals surface area contributed by atoms with Gasteiger partial charge in [-0.1, -0.05) is 35.5 Å². The number of benzene rings is 1. The van der Waals surface area contributed by atoms with E-state index in [1.807, 2.05) is 0 Å². The Morgan fingerprint density at radius 2 is 1.89 bits per heavy atom. The van der Waals surface area contributed by atoms with Crippen LogP contribution in [0.25, 0.3) is 0 Å². The van der Waals surface area contributed by atoms with E-state index in [2.05, 4.69) is 9.44 Å². The lowest BCUT2D eigenvalue weighted by atomic mass is 10.2. The second kappa shape index (κ2) is 6.79. The summed E-state index contributed by atoms with van der Waals surface area (Å²) >= 11 is 0. The van der Waals surface area contributed by atoms with Crippen molar-refractivity contribution in [3.05, 3.63) is 35.9 Å². The largest absolute Gasteiger partial charge is 0.332 e. The van der Waals surface area contributed by atoms with Gasteiger partial charge in [-0.2, -0.15) is 8.42 Å². The van der Waals surface area contributed by atoms with Crippen LogP contribution in [0.3, 0.4) is 0 Å². The standard InChI is InChI=1S/C12H13NO5S/c1-10(14)7-12(15)8-13-18-19(16,17)9-11-5-3-2-4-6-11/h2-6,8H,7,9H2,1H3. The fourth-order valence-electron chi connectivity index (χ4n) is 1.24. The van der Waals surface area contributed by atoms with Crippen LogP contribution >= 0.6 is 0 Å². The summed E-state index contributed by atoms with van der Waals surface area (Å²) in [4.78, 5) is 21.7. The van der Waals surface area contributed by atoms with E-state index in [1.165, 1.54) is 6.92 Å². The van der Waals surface area contributed by atoms with Gasteiger partial charge in [-0.15, -0.1) is 0 Å². The highest BCUT2D eigenvalue weighted by Gasteiger charge is 2.12. The van der Waals surface area contributed by atoms with Crippen molar-refractivity contribution in [2.75, 3.05) is 0 Å². The van der Waals surface area contributed by atoms with Crippen LogP contribution < -0.4 is 0 Å². The molecule has 7 heteroatoms. The van der Waals surface area contributed by atoms with Gasteiger partial charge in [-0.05, 0) is 12.5 Å². The average Bonchev–Trinajstić information content (AvgIpc) is 2.28. The number of Topliss-reactive ketones (excluding diaryl/α,β-unsaturated/α-hetero) is 2. The first-order valence-electron chi connectivity index (χ1n) is 5.40. The lowest BCUT2D eigenvalue weighted by molar-refractivity contribution is -0.122. The number of carbonyl (C=O) groups is 2. The highest BCUT2D eigenvalue weighted by atomic mass is 32.2. The summed E-state index contributed by atoms with van der Waals surface area (Å²) in [6.07, 6.45) is 0.357. The van der Waals surface area contributed by atoms with Crippen LogP contribution in [-0.4, -0.2) is 26.2 Å². The average molecular weight is 283 g/mol. The molecule has 0 N–H and O–H groups in total. The number of oxime groups is 1. The SMILES string of the molecule is CC(=O)CC(=O)C=NOS(=O)(=O)Cc1ccccc1. The quantitative estimate of drug-likeness (QED) is 0.424. The minimum absolute atomic E-state index is 0.328. The molecule has 19 heavy (non-hydrogen) atoms. The molecule has 6 nitrogen and oxygen atoms in total. The van der Waals surface area contributed by atoms with Crippen molar-refractivity contribution in [3.63, 3.8) is 0 Å². The Morgan fingerprint density at radius 1 is 1.26 bits per heavy atom. The predicted molar refractivity (Wildman–Crippen MR) is 68.9 cm³/mol. The van der Waals surface area contributed by atoms with Crippen LogP contribution in [0.15, 0.2) is 35.5 Å². The molecule has 0 atom stereocenters. The lowest BCUT2D eigenvalue weighted by Gasteiger charge is -2.00. The second-order valence-electron chi connectivity index (χ2n) is 3.84. The van der Waals surface area contributed by atoms with Gasteiger partial charge >= 0.3 is 10.1 Å². The van der Waals surface area contributed by atoms with Crippen molar-refractivity contribution >= 4 is 27.9 Å². The van der Waals surface area contributed by atoms with E-state index in [-0.39, 0.29) is 18.0 Å². The molecule has 0 aromatic heterocycles. The van der Waals surface area contributed by atoms with E-state index in [9.17, 15) is 18.0 Å². The van der Waals surface area contributed by atoms with Crippen LogP contribution in [0.4, 0.5) is 0 Å². The van der Waals surface area contributed by atoms with Crippen LogP contribution in [0.1, 0.15) is 18.9 Å². The minimum atomic E-state index is -3.89. The Labute approximate surface area is 111 Å². The molecule has 0 radical (unpaired) electrons. The van der Waals surface area contributed by atoms with Gasteiger partial charge in [0, 0.05) is 0 Å². The maximum atomic E-state index is 11.5. The molecule has 0 saturated carbocycles. The molecular formula is C12H13NO5S. The molecule has 1 aromatic carbocycles. The maximum absolute atomic E-state index is 11.5. The van der Waals surface area contributed by atoms with Gasteiger partial charge in [0.25, 0.3) is 0 Å². The zero-order chi connectivity index (χ0) is 14.3. The topological polar surface area (TPSA) is 89.9 Å². The number of hydrogen-bond donors (Lipinski definition) is 0. The molecule has 1 rings (SSSR count). The van der Waals surface area contributed by atoms with Gasteiger partial charge in [0.15, 0.2) is 5.78 Å². The smallest absolute Gasteiger partial charge is 0.300 e. The van der Waals surface area contributed by atoms with E-state index in [4.69, 9.17) is 0 Å². The molecule has 0 saturated heterocycles. The number of nitrogens with zero attached hydrogens (tertiary/aromatic N) is 1. The molecule has 0 aliphatic heterocycles. The first-order valence-corrected chi connectivity index (χ1v) is 6.98. The number of ketones is 2. The Bertz CT molecular complexity index is 577. The Morgan fingerprint density at radius 3 is 2.47 bits per heavy atom. The normalized spacial score (nSPS) is 11.4. The summed E-state index contributed by atoms with van der Waals surface area (Å²) in [7, 11) is -3.89. The van der Waals surface area contributed by atoms with Crippen LogP contribution in [0.5, 0.6) is 0 Å². The van der Waals surface area contributed by atoms with Crippen molar-refractivity contribution in [1.29, 1.82) is 0 Å². The maximum Gasteiger partial charge on any atom is 0.332 e. The highest BCUT2D eigenvalue weighted by Crippen LogP contribution is 2.07.